The summed E-state index contributed by atoms with van der Waals surface area (Å²) in [5.74, 6) is 0.633. The van der Waals surface area contributed by atoms with Gasteiger partial charge in [0.2, 0.25) is 0 Å². The zero-order chi connectivity index (χ0) is 14.0. The monoisotopic (exact) mass is 308 g/mol. The van der Waals surface area contributed by atoms with Crippen LogP contribution in [0, 0.1) is 5.41 Å². The zero-order valence-corrected chi connectivity index (χ0v) is 14.2. The number of halogens is 1. The summed E-state index contributed by atoms with van der Waals surface area (Å²) < 4.78 is 0. The third-order valence-corrected chi connectivity index (χ3v) is 5.23. The van der Waals surface area contributed by atoms with Gasteiger partial charge in [-0.2, -0.15) is 0 Å². The van der Waals surface area contributed by atoms with Crippen LogP contribution in [-0.2, 0) is 6.54 Å². The van der Waals surface area contributed by atoms with Gasteiger partial charge in [0, 0.05) is 13.1 Å². The molecule has 0 aromatic heterocycles. The molecule has 0 atom stereocenters. The Bertz CT molecular complexity index is 435. The maximum absolute atomic E-state index is 3.50. The SMILES string of the molecule is CC(C)c1ccc(CN2CCC3(CCNCC3)C2)cc1.Cl. The van der Waals surface area contributed by atoms with Crippen molar-refractivity contribution in [3.05, 3.63) is 35.4 Å². The first kappa shape index (κ1) is 16.8. The molecule has 2 aliphatic heterocycles. The lowest BCUT2D eigenvalue weighted by atomic mass is 9.78. The first-order valence-electron chi connectivity index (χ1n) is 8.19. The summed E-state index contributed by atoms with van der Waals surface area (Å²) in [5, 5.41) is 3.50. The Morgan fingerprint density at radius 2 is 1.76 bits per heavy atom. The minimum absolute atomic E-state index is 0. The first-order chi connectivity index (χ1) is 9.67. The number of hydrogen-bond acceptors (Lipinski definition) is 2. The fourth-order valence-corrected chi connectivity index (χ4v) is 3.79. The van der Waals surface area contributed by atoms with Gasteiger partial charge in [0.25, 0.3) is 0 Å². The van der Waals surface area contributed by atoms with E-state index in [2.05, 4.69) is 48.3 Å². The van der Waals surface area contributed by atoms with Crippen LogP contribution in [0.15, 0.2) is 24.3 Å². The molecular formula is C18H29ClN2. The summed E-state index contributed by atoms with van der Waals surface area (Å²) in [5.41, 5.74) is 3.55. The van der Waals surface area contributed by atoms with Crippen molar-refractivity contribution < 1.29 is 0 Å². The third-order valence-electron chi connectivity index (χ3n) is 5.23. The Morgan fingerprint density at radius 1 is 1.10 bits per heavy atom. The molecule has 1 spiro atoms. The van der Waals surface area contributed by atoms with Crippen molar-refractivity contribution in [3.8, 4) is 0 Å². The lowest BCUT2D eigenvalue weighted by molar-refractivity contribution is 0.194. The number of nitrogens with zero attached hydrogens (tertiary/aromatic N) is 1. The fraction of sp³-hybridized carbons (Fsp3) is 0.667. The predicted molar refractivity (Wildman–Crippen MR) is 92.2 cm³/mol. The summed E-state index contributed by atoms with van der Waals surface area (Å²) in [6.07, 6.45) is 4.14. The Balaban J connectivity index is 0.00000161. The van der Waals surface area contributed by atoms with E-state index in [1.54, 1.807) is 0 Å². The smallest absolute Gasteiger partial charge is 0.0233 e. The maximum atomic E-state index is 3.50. The molecule has 0 bridgehead atoms. The normalized spacial score (nSPS) is 21.7. The molecule has 2 saturated heterocycles. The van der Waals surface area contributed by atoms with Gasteiger partial charge in [-0.1, -0.05) is 38.1 Å². The zero-order valence-electron chi connectivity index (χ0n) is 13.4. The number of likely N-dealkylation sites (tertiary alicyclic amines) is 1. The topological polar surface area (TPSA) is 15.3 Å². The highest BCUT2D eigenvalue weighted by atomic mass is 35.5. The second-order valence-corrected chi connectivity index (χ2v) is 7.11. The highest BCUT2D eigenvalue weighted by Gasteiger charge is 2.38. The molecular weight excluding hydrogens is 280 g/mol. The Kier molecular flexibility index (Phi) is 5.70. The lowest BCUT2D eigenvalue weighted by Gasteiger charge is -2.34. The number of nitrogens with one attached hydrogen (secondary N) is 1. The molecule has 1 aromatic carbocycles. The molecule has 2 aliphatic rings. The van der Waals surface area contributed by atoms with E-state index in [4.69, 9.17) is 0 Å². The maximum Gasteiger partial charge on any atom is 0.0233 e. The molecule has 2 nitrogen and oxygen atoms in total. The fourth-order valence-electron chi connectivity index (χ4n) is 3.79. The van der Waals surface area contributed by atoms with Gasteiger partial charge >= 0.3 is 0 Å². The van der Waals surface area contributed by atoms with E-state index in [0.717, 1.165) is 6.54 Å². The van der Waals surface area contributed by atoms with E-state index >= 15 is 0 Å². The average Bonchev–Trinajstić information content (AvgIpc) is 2.83. The van der Waals surface area contributed by atoms with E-state index in [1.807, 2.05) is 0 Å². The van der Waals surface area contributed by atoms with E-state index in [9.17, 15) is 0 Å². The minimum Gasteiger partial charge on any atom is -0.317 e. The molecule has 0 saturated carbocycles. The highest BCUT2D eigenvalue weighted by molar-refractivity contribution is 5.85. The Morgan fingerprint density at radius 3 is 2.38 bits per heavy atom. The van der Waals surface area contributed by atoms with E-state index < -0.39 is 0 Å². The van der Waals surface area contributed by atoms with Gasteiger partial charge in [-0.25, -0.2) is 0 Å². The molecule has 1 aromatic rings. The molecule has 118 valence electrons. The molecule has 0 radical (unpaired) electrons. The van der Waals surface area contributed by atoms with Crippen molar-refractivity contribution >= 4 is 12.4 Å². The predicted octanol–water partition coefficient (Wildman–Crippen LogP) is 3.81. The molecule has 3 rings (SSSR count). The third kappa shape index (κ3) is 4.00. The van der Waals surface area contributed by atoms with Crippen molar-refractivity contribution in [2.75, 3.05) is 26.2 Å². The highest BCUT2D eigenvalue weighted by Crippen LogP contribution is 2.39. The van der Waals surface area contributed by atoms with Crippen LogP contribution in [0.3, 0.4) is 0 Å². The molecule has 1 N–H and O–H groups in total. The van der Waals surface area contributed by atoms with Gasteiger partial charge in [0.1, 0.15) is 0 Å². The van der Waals surface area contributed by atoms with E-state index in [0.29, 0.717) is 11.3 Å². The van der Waals surface area contributed by atoms with E-state index in [1.165, 1.54) is 56.6 Å². The molecule has 21 heavy (non-hydrogen) atoms. The lowest BCUT2D eigenvalue weighted by Crippen LogP contribution is -2.38. The molecule has 0 unspecified atom stereocenters. The van der Waals surface area contributed by atoms with Crippen molar-refractivity contribution in [3.63, 3.8) is 0 Å². The van der Waals surface area contributed by atoms with Crippen LogP contribution in [0.4, 0.5) is 0 Å². The summed E-state index contributed by atoms with van der Waals surface area (Å²) in [6, 6.07) is 9.25. The number of rotatable bonds is 3. The van der Waals surface area contributed by atoms with Gasteiger partial charge in [0.15, 0.2) is 0 Å². The van der Waals surface area contributed by atoms with Crippen molar-refractivity contribution in [2.24, 2.45) is 5.41 Å². The quantitative estimate of drug-likeness (QED) is 0.913. The van der Waals surface area contributed by atoms with Crippen LogP contribution in [0.5, 0.6) is 0 Å². The van der Waals surface area contributed by atoms with Crippen LogP contribution in [-0.4, -0.2) is 31.1 Å². The second-order valence-electron chi connectivity index (χ2n) is 7.11. The summed E-state index contributed by atoms with van der Waals surface area (Å²) >= 11 is 0. The molecule has 3 heteroatoms. The Labute approximate surface area is 135 Å². The number of hydrogen-bond donors (Lipinski definition) is 1. The van der Waals surface area contributed by atoms with Crippen molar-refractivity contribution in [1.82, 2.24) is 10.2 Å². The molecule has 0 aliphatic carbocycles. The van der Waals surface area contributed by atoms with Crippen molar-refractivity contribution in [1.29, 1.82) is 0 Å². The van der Waals surface area contributed by atoms with Crippen LogP contribution < -0.4 is 5.32 Å². The van der Waals surface area contributed by atoms with Crippen LogP contribution in [0.25, 0.3) is 0 Å². The van der Waals surface area contributed by atoms with Gasteiger partial charge in [-0.05, 0) is 61.4 Å². The molecule has 0 amide bonds. The van der Waals surface area contributed by atoms with Gasteiger partial charge in [-0.3, -0.25) is 4.90 Å². The number of piperidine rings is 1. The van der Waals surface area contributed by atoms with E-state index in [-0.39, 0.29) is 12.4 Å². The Hall–Kier alpha value is -0.570. The van der Waals surface area contributed by atoms with Crippen molar-refractivity contribution in [2.45, 2.75) is 45.6 Å². The summed E-state index contributed by atoms with van der Waals surface area (Å²) in [4.78, 5) is 2.66. The molecule has 2 heterocycles. The summed E-state index contributed by atoms with van der Waals surface area (Å²) in [7, 11) is 0. The average molecular weight is 309 g/mol. The standard InChI is InChI=1S/C18H28N2.ClH/c1-15(2)17-5-3-16(4-6-17)13-20-12-9-18(14-20)7-10-19-11-8-18;/h3-6,15,19H,7-14H2,1-2H3;1H. The van der Waals surface area contributed by atoms with Gasteiger partial charge < -0.3 is 5.32 Å². The minimum atomic E-state index is 0. The number of benzene rings is 1. The van der Waals surface area contributed by atoms with Crippen LogP contribution in [0.2, 0.25) is 0 Å². The second kappa shape index (κ2) is 7.13. The van der Waals surface area contributed by atoms with Gasteiger partial charge in [0.05, 0.1) is 0 Å². The largest absolute Gasteiger partial charge is 0.317 e. The first-order valence-corrected chi connectivity index (χ1v) is 8.19. The van der Waals surface area contributed by atoms with Gasteiger partial charge in [-0.15, -0.1) is 12.4 Å². The molecule has 2 fully saturated rings. The summed E-state index contributed by atoms with van der Waals surface area (Å²) in [6.45, 7) is 10.7. The van der Waals surface area contributed by atoms with Crippen LogP contribution >= 0.6 is 12.4 Å². The van der Waals surface area contributed by atoms with Crippen LogP contribution in [0.1, 0.15) is 50.2 Å².